The van der Waals surface area contributed by atoms with Crippen LogP contribution in [-0.2, 0) is 9.59 Å². The molecule has 0 radical (unpaired) electrons. The third kappa shape index (κ3) is 1.62. The Balaban J connectivity index is 1.68. The van der Waals surface area contributed by atoms with Crippen molar-refractivity contribution in [2.75, 3.05) is 23.9 Å². The number of anilines is 2. The van der Waals surface area contributed by atoms with Gasteiger partial charge in [0.1, 0.15) is 0 Å². The van der Waals surface area contributed by atoms with Gasteiger partial charge in [-0.2, -0.15) is 0 Å². The predicted molar refractivity (Wildman–Crippen MR) is 81.0 cm³/mol. The fraction of sp³-hybridized carbons (Fsp3) is 0.412. The molecule has 21 heavy (non-hydrogen) atoms. The third-order valence-electron chi connectivity index (χ3n) is 5.09. The van der Waals surface area contributed by atoms with E-state index >= 15 is 0 Å². The van der Waals surface area contributed by atoms with Crippen LogP contribution in [0, 0.1) is 23.7 Å². The third-order valence-corrected chi connectivity index (χ3v) is 5.09. The number of rotatable bonds is 2. The molecule has 1 aromatic rings. The van der Waals surface area contributed by atoms with Gasteiger partial charge in [0.05, 0.1) is 17.5 Å². The predicted octanol–water partition coefficient (Wildman–Crippen LogP) is 2.06. The number of benzene rings is 1. The maximum Gasteiger partial charge on any atom is 0.238 e. The Kier molecular flexibility index (Phi) is 2.52. The van der Waals surface area contributed by atoms with Crippen molar-refractivity contribution in [1.82, 2.24) is 0 Å². The molecule has 4 heteroatoms. The highest BCUT2D eigenvalue weighted by atomic mass is 16.2. The standard InChI is InChI=1S/C17H18N2O2/c1-18(2)12-5-7-13(8-6-12)19-16(20)14-10-3-4-11(9-10)15(14)17(19)21/h3-8,10-11,14-15H,9H2,1-2H3/t10-,11-,14-,15+/m0/s1. The van der Waals surface area contributed by atoms with Crippen molar-refractivity contribution in [3.8, 4) is 0 Å². The molecule has 108 valence electrons. The molecule has 4 nitrogen and oxygen atoms in total. The van der Waals surface area contributed by atoms with E-state index < -0.39 is 0 Å². The molecule has 1 aliphatic heterocycles. The van der Waals surface area contributed by atoms with Crippen LogP contribution in [0.4, 0.5) is 11.4 Å². The van der Waals surface area contributed by atoms with Crippen molar-refractivity contribution in [2.45, 2.75) is 6.42 Å². The van der Waals surface area contributed by atoms with E-state index in [1.165, 1.54) is 4.90 Å². The largest absolute Gasteiger partial charge is 0.378 e. The summed E-state index contributed by atoms with van der Waals surface area (Å²) in [5, 5.41) is 0. The molecule has 0 aromatic heterocycles. The van der Waals surface area contributed by atoms with Crippen LogP contribution in [-0.4, -0.2) is 25.9 Å². The Labute approximate surface area is 124 Å². The quantitative estimate of drug-likeness (QED) is 0.616. The van der Waals surface area contributed by atoms with E-state index in [2.05, 4.69) is 12.2 Å². The molecule has 4 atom stereocenters. The van der Waals surface area contributed by atoms with Crippen molar-refractivity contribution >= 4 is 23.2 Å². The molecular formula is C17H18N2O2. The Hall–Kier alpha value is -2.10. The summed E-state index contributed by atoms with van der Waals surface area (Å²) in [6.45, 7) is 0. The van der Waals surface area contributed by atoms with Crippen LogP contribution >= 0.6 is 0 Å². The number of amides is 2. The molecule has 4 rings (SSSR count). The van der Waals surface area contributed by atoms with E-state index in [1.54, 1.807) is 0 Å². The van der Waals surface area contributed by atoms with Crippen LogP contribution in [0.3, 0.4) is 0 Å². The number of imide groups is 1. The Morgan fingerprint density at radius 3 is 1.95 bits per heavy atom. The first-order valence-corrected chi connectivity index (χ1v) is 7.41. The van der Waals surface area contributed by atoms with Gasteiger partial charge >= 0.3 is 0 Å². The molecule has 2 bridgehead atoms. The molecule has 1 heterocycles. The van der Waals surface area contributed by atoms with Crippen molar-refractivity contribution in [3.63, 3.8) is 0 Å². The summed E-state index contributed by atoms with van der Waals surface area (Å²) in [4.78, 5) is 28.7. The Bertz CT molecular complexity index is 617. The Morgan fingerprint density at radius 1 is 0.952 bits per heavy atom. The van der Waals surface area contributed by atoms with Crippen LogP contribution in [0.15, 0.2) is 36.4 Å². The minimum absolute atomic E-state index is 0.0144. The van der Waals surface area contributed by atoms with Crippen LogP contribution in [0.5, 0.6) is 0 Å². The molecule has 1 saturated heterocycles. The molecule has 3 aliphatic rings. The highest BCUT2D eigenvalue weighted by molar-refractivity contribution is 6.22. The molecule has 0 spiro atoms. The first-order chi connectivity index (χ1) is 10.1. The van der Waals surface area contributed by atoms with Crippen molar-refractivity contribution in [2.24, 2.45) is 23.7 Å². The van der Waals surface area contributed by atoms with Gasteiger partial charge in [0.2, 0.25) is 11.8 Å². The summed E-state index contributed by atoms with van der Waals surface area (Å²) in [5.74, 6) is 0.256. The summed E-state index contributed by atoms with van der Waals surface area (Å²) >= 11 is 0. The van der Waals surface area contributed by atoms with Crippen LogP contribution < -0.4 is 9.80 Å². The van der Waals surface area contributed by atoms with E-state index in [0.29, 0.717) is 5.69 Å². The van der Waals surface area contributed by atoms with Gasteiger partial charge < -0.3 is 4.90 Å². The Morgan fingerprint density at radius 2 is 1.48 bits per heavy atom. The average Bonchev–Trinajstić information content (AvgIpc) is 3.13. The molecule has 0 N–H and O–H groups in total. The summed E-state index contributed by atoms with van der Waals surface area (Å²) < 4.78 is 0. The molecule has 2 amide bonds. The van der Waals surface area contributed by atoms with Crippen molar-refractivity contribution in [3.05, 3.63) is 36.4 Å². The topological polar surface area (TPSA) is 40.6 Å². The highest BCUT2D eigenvalue weighted by Gasteiger charge is 2.59. The lowest BCUT2D eigenvalue weighted by Crippen LogP contribution is -2.32. The van der Waals surface area contributed by atoms with E-state index in [9.17, 15) is 9.59 Å². The second-order valence-corrected chi connectivity index (χ2v) is 6.42. The van der Waals surface area contributed by atoms with Gasteiger partial charge in [0.15, 0.2) is 0 Å². The number of allylic oxidation sites excluding steroid dienone is 2. The molecular weight excluding hydrogens is 264 g/mol. The zero-order valence-corrected chi connectivity index (χ0v) is 12.2. The minimum atomic E-state index is -0.124. The molecule has 2 aliphatic carbocycles. The van der Waals surface area contributed by atoms with Crippen molar-refractivity contribution in [1.29, 1.82) is 0 Å². The lowest BCUT2D eigenvalue weighted by atomic mass is 9.85. The number of fused-ring (bicyclic) bond motifs is 5. The number of carbonyl (C=O) groups is 2. The van der Waals surface area contributed by atoms with Gasteiger partial charge in [-0.1, -0.05) is 12.2 Å². The first kappa shape index (κ1) is 12.6. The summed E-state index contributed by atoms with van der Waals surface area (Å²) in [6, 6.07) is 7.61. The van der Waals surface area contributed by atoms with Gasteiger partial charge in [-0.25, -0.2) is 0 Å². The van der Waals surface area contributed by atoms with Gasteiger partial charge in [-0.05, 0) is 42.5 Å². The highest BCUT2D eigenvalue weighted by Crippen LogP contribution is 2.53. The molecule has 2 fully saturated rings. The smallest absolute Gasteiger partial charge is 0.238 e. The zero-order valence-electron chi connectivity index (χ0n) is 12.2. The van der Waals surface area contributed by atoms with Gasteiger partial charge in [0, 0.05) is 19.8 Å². The molecule has 0 unspecified atom stereocenters. The summed E-state index contributed by atoms with van der Waals surface area (Å²) in [6.07, 6.45) is 5.21. The number of hydrogen-bond donors (Lipinski definition) is 0. The van der Waals surface area contributed by atoms with Crippen LogP contribution in [0.2, 0.25) is 0 Å². The SMILES string of the molecule is CN(C)c1ccc(N2C(=O)[C@@H]3[C@H](C2=O)[C@H]2C=C[C@H]3C2)cc1. The first-order valence-electron chi connectivity index (χ1n) is 7.41. The van der Waals surface area contributed by atoms with E-state index in [0.717, 1.165) is 12.1 Å². The van der Waals surface area contributed by atoms with Crippen LogP contribution in [0.25, 0.3) is 0 Å². The molecule has 1 aromatic carbocycles. The summed E-state index contributed by atoms with van der Waals surface area (Å²) in [5.41, 5.74) is 1.75. The number of hydrogen-bond acceptors (Lipinski definition) is 3. The average molecular weight is 282 g/mol. The van der Waals surface area contributed by atoms with Crippen LogP contribution in [0.1, 0.15) is 6.42 Å². The monoisotopic (exact) mass is 282 g/mol. The van der Waals surface area contributed by atoms with E-state index in [4.69, 9.17) is 0 Å². The maximum atomic E-state index is 12.7. The van der Waals surface area contributed by atoms with E-state index in [1.807, 2.05) is 43.3 Å². The van der Waals surface area contributed by atoms with Gasteiger partial charge in [0.25, 0.3) is 0 Å². The second kappa shape index (κ2) is 4.20. The number of carbonyl (C=O) groups excluding carboxylic acids is 2. The van der Waals surface area contributed by atoms with Crippen molar-refractivity contribution < 1.29 is 9.59 Å². The lowest BCUT2D eigenvalue weighted by molar-refractivity contribution is -0.123. The lowest BCUT2D eigenvalue weighted by Gasteiger charge is -2.19. The molecule has 1 saturated carbocycles. The van der Waals surface area contributed by atoms with Gasteiger partial charge in [-0.15, -0.1) is 0 Å². The number of nitrogens with zero attached hydrogens (tertiary/aromatic N) is 2. The maximum absolute atomic E-state index is 12.7. The van der Waals surface area contributed by atoms with E-state index in [-0.39, 0.29) is 35.5 Å². The second-order valence-electron chi connectivity index (χ2n) is 6.42. The normalized spacial score (nSPS) is 33.0. The zero-order chi connectivity index (χ0) is 14.7. The fourth-order valence-corrected chi connectivity index (χ4v) is 4.06. The van der Waals surface area contributed by atoms with Gasteiger partial charge in [-0.3, -0.25) is 14.5 Å². The minimum Gasteiger partial charge on any atom is -0.378 e. The fourth-order valence-electron chi connectivity index (χ4n) is 4.06. The summed E-state index contributed by atoms with van der Waals surface area (Å²) in [7, 11) is 3.93.